The fourth-order valence-electron chi connectivity index (χ4n) is 3.10. The maximum Gasteiger partial charge on any atom is 0.325 e. The van der Waals surface area contributed by atoms with E-state index in [1.165, 1.54) is 17.3 Å². The highest BCUT2D eigenvalue weighted by Gasteiger charge is 2.41. The molecule has 1 aromatic carbocycles. The molecule has 2 atom stereocenters. The zero-order valence-electron chi connectivity index (χ0n) is 13.4. The molecule has 0 amide bonds. The van der Waals surface area contributed by atoms with Gasteiger partial charge < -0.3 is 4.98 Å². The van der Waals surface area contributed by atoms with Crippen LogP contribution in [0.1, 0.15) is 34.9 Å². The van der Waals surface area contributed by atoms with Crippen LogP contribution in [0.15, 0.2) is 46.1 Å². The SMILES string of the molecule is Cc1ccc([C@H]2C[C@@H]2c2cc(-c3c[nH]c(=O)[nH]c3=O)nnc2Cl)cc1. The quantitative estimate of drug-likeness (QED) is 0.756. The van der Waals surface area contributed by atoms with Crippen LogP contribution >= 0.6 is 11.6 Å². The van der Waals surface area contributed by atoms with Crippen molar-refractivity contribution >= 4 is 11.6 Å². The van der Waals surface area contributed by atoms with Crippen LogP contribution in [0.5, 0.6) is 0 Å². The Balaban J connectivity index is 1.68. The number of hydrogen-bond donors (Lipinski definition) is 2. The van der Waals surface area contributed by atoms with E-state index in [-0.39, 0.29) is 11.5 Å². The number of benzene rings is 1. The molecule has 4 rings (SSSR count). The molecule has 2 N–H and O–H groups in total. The molecule has 0 spiro atoms. The van der Waals surface area contributed by atoms with Gasteiger partial charge in [-0.2, -0.15) is 0 Å². The van der Waals surface area contributed by atoms with Gasteiger partial charge in [-0.05, 0) is 42.4 Å². The number of aryl methyl sites for hydroxylation is 1. The Morgan fingerprint density at radius 1 is 1.12 bits per heavy atom. The number of hydrogen-bond acceptors (Lipinski definition) is 4. The Morgan fingerprint density at radius 2 is 1.88 bits per heavy atom. The normalized spacial score (nSPS) is 19.0. The summed E-state index contributed by atoms with van der Waals surface area (Å²) in [6, 6.07) is 10.3. The summed E-state index contributed by atoms with van der Waals surface area (Å²) in [5.41, 5.74) is 2.97. The molecule has 0 unspecified atom stereocenters. The van der Waals surface area contributed by atoms with Gasteiger partial charge in [0.15, 0.2) is 5.15 Å². The Bertz CT molecular complexity index is 1060. The Labute approximate surface area is 147 Å². The molecule has 7 heteroatoms. The average molecular weight is 355 g/mol. The fourth-order valence-corrected chi connectivity index (χ4v) is 3.34. The van der Waals surface area contributed by atoms with E-state index < -0.39 is 11.2 Å². The number of H-pyrrole nitrogens is 2. The molecule has 0 saturated heterocycles. The third kappa shape index (κ3) is 3.00. The van der Waals surface area contributed by atoms with Gasteiger partial charge in [0.2, 0.25) is 0 Å². The van der Waals surface area contributed by atoms with E-state index in [0.29, 0.717) is 16.8 Å². The monoisotopic (exact) mass is 354 g/mol. The van der Waals surface area contributed by atoms with Crippen LogP contribution < -0.4 is 11.2 Å². The minimum absolute atomic E-state index is 0.256. The minimum Gasteiger partial charge on any atom is -0.313 e. The smallest absolute Gasteiger partial charge is 0.313 e. The van der Waals surface area contributed by atoms with Gasteiger partial charge in [0.25, 0.3) is 5.56 Å². The standard InChI is InChI=1S/C18H15ClN4O2/c1-9-2-4-10(5-3-9)11-6-12(11)13-7-15(22-23-16(13)19)14-8-20-18(25)21-17(14)24/h2-5,7-8,11-12H,6H2,1H3,(H2,20,21,24,25)/t11-,12+/m1/s1. The molecule has 126 valence electrons. The van der Waals surface area contributed by atoms with Crippen LogP contribution in [0.4, 0.5) is 0 Å². The lowest BCUT2D eigenvalue weighted by atomic mass is 10.0. The van der Waals surface area contributed by atoms with Crippen molar-refractivity contribution in [1.82, 2.24) is 20.2 Å². The second-order valence-electron chi connectivity index (χ2n) is 6.32. The molecule has 25 heavy (non-hydrogen) atoms. The van der Waals surface area contributed by atoms with E-state index in [1.54, 1.807) is 6.07 Å². The lowest BCUT2D eigenvalue weighted by molar-refractivity contribution is 0.951. The molecule has 1 aliphatic rings. The van der Waals surface area contributed by atoms with Crippen molar-refractivity contribution in [3.63, 3.8) is 0 Å². The Kier molecular flexibility index (Phi) is 3.77. The van der Waals surface area contributed by atoms with Crippen molar-refractivity contribution in [2.75, 3.05) is 0 Å². The third-order valence-electron chi connectivity index (χ3n) is 4.57. The predicted octanol–water partition coefficient (Wildman–Crippen LogP) is 2.75. The molecule has 3 aromatic rings. The second-order valence-corrected chi connectivity index (χ2v) is 6.68. The lowest BCUT2D eigenvalue weighted by Gasteiger charge is -2.06. The molecule has 6 nitrogen and oxygen atoms in total. The number of aromatic nitrogens is 4. The van der Waals surface area contributed by atoms with Crippen molar-refractivity contribution in [2.24, 2.45) is 0 Å². The first-order valence-electron chi connectivity index (χ1n) is 7.95. The molecule has 0 radical (unpaired) electrons. The first kappa shape index (κ1) is 15.8. The van der Waals surface area contributed by atoms with E-state index in [0.717, 1.165) is 12.0 Å². The molecule has 1 saturated carbocycles. The number of nitrogens with one attached hydrogen (secondary N) is 2. The zero-order valence-corrected chi connectivity index (χ0v) is 14.2. The van der Waals surface area contributed by atoms with Crippen molar-refractivity contribution < 1.29 is 0 Å². The van der Waals surface area contributed by atoms with Gasteiger partial charge in [-0.3, -0.25) is 9.78 Å². The Morgan fingerprint density at radius 3 is 2.60 bits per heavy atom. The Hall–Kier alpha value is -2.73. The second kappa shape index (κ2) is 5.97. The first-order valence-corrected chi connectivity index (χ1v) is 8.33. The molecule has 1 fully saturated rings. The van der Waals surface area contributed by atoms with Crippen LogP contribution in [0.25, 0.3) is 11.3 Å². The van der Waals surface area contributed by atoms with Gasteiger partial charge in [0.05, 0.1) is 5.56 Å². The molecular weight excluding hydrogens is 340 g/mol. The minimum atomic E-state index is -0.558. The van der Waals surface area contributed by atoms with Gasteiger partial charge in [0, 0.05) is 6.20 Å². The highest BCUT2D eigenvalue weighted by atomic mass is 35.5. The molecule has 1 aliphatic carbocycles. The molecule has 0 bridgehead atoms. The van der Waals surface area contributed by atoms with E-state index in [1.807, 2.05) is 0 Å². The maximum absolute atomic E-state index is 12.0. The van der Waals surface area contributed by atoms with Crippen molar-refractivity contribution in [1.29, 1.82) is 0 Å². The first-order chi connectivity index (χ1) is 12.0. The highest BCUT2D eigenvalue weighted by molar-refractivity contribution is 6.30. The molecule has 2 aromatic heterocycles. The summed E-state index contributed by atoms with van der Waals surface area (Å²) < 4.78 is 0. The summed E-state index contributed by atoms with van der Waals surface area (Å²) in [5.74, 6) is 0.648. The topological polar surface area (TPSA) is 91.5 Å². The number of nitrogens with zero attached hydrogens (tertiary/aromatic N) is 2. The molecule has 2 heterocycles. The summed E-state index contributed by atoms with van der Waals surface area (Å²) in [5, 5.41) is 8.34. The number of aromatic amines is 2. The van der Waals surface area contributed by atoms with E-state index in [4.69, 9.17) is 11.6 Å². The predicted molar refractivity (Wildman–Crippen MR) is 95.0 cm³/mol. The van der Waals surface area contributed by atoms with Crippen LogP contribution in [-0.4, -0.2) is 20.2 Å². The maximum atomic E-state index is 12.0. The van der Waals surface area contributed by atoms with Gasteiger partial charge in [0.1, 0.15) is 5.69 Å². The number of halogens is 1. The van der Waals surface area contributed by atoms with Crippen molar-refractivity contribution in [3.8, 4) is 11.3 Å². The molecule has 0 aliphatic heterocycles. The van der Waals surface area contributed by atoms with E-state index in [9.17, 15) is 9.59 Å². The van der Waals surface area contributed by atoms with E-state index >= 15 is 0 Å². The van der Waals surface area contributed by atoms with Crippen LogP contribution in [-0.2, 0) is 0 Å². The average Bonchev–Trinajstić information content (AvgIpc) is 3.37. The van der Waals surface area contributed by atoms with Crippen LogP contribution in [0.3, 0.4) is 0 Å². The highest BCUT2D eigenvalue weighted by Crippen LogP contribution is 2.56. The largest absolute Gasteiger partial charge is 0.325 e. The van der Waals surface area contributed by atoms with Gasteiger partial charge in [-0.15, -0.1) is 10.2 Å². The zero-order chi connectivity index (χ0) is 17.6. The summed E-state index contributed by atoms with van der Waals surface area (Å²) in [6.45, 7) is 2.06. The van der Waals surface area contributed by atoms with Crippen molar-refractivity contribution in [3.05, 3.63) is 79.2 Å². The third-order valence-corrected chi connectivity index (χ3v) is 4.86. The summed E-state index contributed by atoms with van der Waals surface area (Å²) in [4.78, 5) is 27.8. The summed E-state index contributed by atoms with van der Waals surface area (Å²) >= 11 is 6.24. The van der Waals surface area contributed by atoms with Gasteiger partial charge >= 0.3 is 5.69 Å². The van der Waals surface area contributed by atoms with Gasteiger partial charge in [-0.1, -0.05) is 41.4 Å². The van der Waals surface area contributed by atoms with E-state index in [2.05, 4.69) is 51.4 Å². The summed E-state index contributed by atoms with van der Waals surface area (Å²) in [6.07, 6.45) is 2.32. The lowest BCUT2D eigenvalue weighted by Crippen LogP contribution is -2.23. The van der Waals surface area contributed by atoms with Crippen LogP contribution in [0, 0.1) is 6.92 Å². The fraction of sp³-hybridized carbons (Fsp3) is 0.222. The number of rotatable bonds is 3. The van der Waals surface area contributed by atoms with Crippen LogP contribution in [0.2, 0.25) is 5.15 Å². The van der Waals surface area contributed by atoms with Gasteiger partial charge in [-0.25, -0.2) is 4.79 Å². The summed E-state index contributed by atoms with van der Waals surface area (Å²) in [7, 11) is 0. The molecular formula is C18H15ClN4O2. The van der Waals surface area contributed by atoms with Crippen molar-refractivity contribution in [2.45, 2.75) is 25.2 Å².